The van der Waals surface area contributed by atoms with E-state index in [0.29, 0.717) is 5.01 Å². The van der Waals surface area contributed by atoms with Gasteiger partial charge in [0.1, 0.15) is 8.07 Å². The van der Waals surface area contributed by atoms with Crippen LogP contribution in [0.25, 0.3) is 29.7 Å². The molecule has 4 aromatic heterocycles. The first-order chi connectivity index (χ1) is 19.3. The Kier molecular flexibility index (Phi) is 9.57. The zero-order valence-corrected chi connectivity index (χ0v) is 29.6. The number of carbonyl (C=O) groups excluding carboxylic acids is 1. The maximum absolute atomic E-state index is 12.2. The van der Waals surface area contributed by atoms with Crippen molar-refractivity contribution in [3.05, 3.63) is 26.9 Å². The maximum Gasteiger partial charge on any atom is 0.188 e. The molecule has 0 saturated carbocycles. The fraction of sp³-hybridized carbons (Fsp3) is 0.576. The molecule has 1 aliphatic rings. The third kappa shape index (κ3) is 5.50. The topological polar surface area (TPSA) is 30.0 Å². The highest BCUT2D eigenvalue weighted by atomic mass is 32.1. The molecule has 2 unspecified atom stereocenters. The summed E-state index contributed by atoms with van der Waals surface area (Å²) in [7, 11) is -1.95. The van der Waals surface area contributed by atoms with Crippen LogP contribution < -0.4 is 10.4 Å². The van der Waals surface area contributed by atoms with Gasteiger partial charge in [0.15, 0.2) is 10.8 Å². The molecule has 1 aliphatic heterocycles. The SMILES string of the molecule is CCCCC(CC)C[Si]1(CC(CC)CCCC)c2cc(C)sc2-c2sc(-c3sc(C)c4nc(C(C)=O)sc34)cc21. The first kappa shape index (κ1) is 30.3. The van der Waals surface area contributed by atoms with E-state index in [2.05, 4.69) is 53.7 Å². The van der Waals surface area contributed by atoms with Gasteiger partial charge in [-0.05, 0) is 60.3 Å². The van der Waals surface area contributed by atoms with Crippen LogP contribution in [0.5, 0.6) is 0 Å². The van der Waals surface area contributed by atoms with E-state index in [0.717, 1.165) is 17.4 Å². The highest BCUT2D eigenvalue weighted by Crippen LogP contribution is 2.50. The summed E-state index contributed by atoms with van der Waals surface area (Å²) in [6.07, 6.45) is 10.6. The van der Waals surface area contributed by atoms with Gasteiger partial charge >= 0.3 is 0 Å². The first-order valence-corrected chi connectivity index (χ1v) is 21.1. The van der Waals surface area contributed by atoms with Gasteiger partial charge in [-0.2, -0.15) is 0 Å². The molecule has 0 saturated heterocycles. The second-order valence-electron chi connectivity index (χ2n) is 12.0. The smallest absolute Gasteiger partial charge is 0.188 e. The minimum absolute atomic E-state index is 0.0747. The monoisotopic (exact) mass is 627 g/mol. The number of rotatable bonds is 14. The second-order valence-corrected chi connectivity index (χ2v) is 20.6. The maximum atomic E-state index is 12.2. The molecule has 0 amide bonds. The summed E-state index contributed by atoms with van der Waals surface area (Å²) in [5.74, 6) is 1.70. The Balaban J connectivity index is 1.67. The van der Waals surface area contributed by atoms with Crippen molar-refractivity contribution in [2.75, 3.05) is 0 Å². The lowest BCUT2D eigenvalue weighted by Crippen LogP contribution is -2.56. The van der Waals surface area contributed by atoms with E-state index in [1.165, 1.54) is 87.7 Å². The Hall–Kier alpha value is -1.12. The number of hydrogen-bond acceptors (Lipinski definition) is 6. The normalized spacial score (nSPS) is 17.9. The quantitative estimate of drug-likeness (QED) is 0.103. The van der Waals surface area contributed by atoms with Crippen molar-refractivity contribution in [3.63, 3.8) is 0 Å². The Morgan fingerprint density at radius 3 is 2.00 bits per heavy atom. The zero-order valence-electron chi connectivity index (χ0n) is 25.4. The molecule has 0 N–H and O–H groups in total. The predicted octanol–water partition coefficient (Wildman–Crippen LogP) is 10.9. The number of carbonyl (C=O) groups is 1. The van der Waals surface area contributed by atoms with Crippen LogP contribution in [0.2, 0.25) is 12.1 Å². The zero-order chi connectivity index (χ0) is 28.6. The van der Waals surface area contributed by atoms with Gasteiger partial charge in [-0.1, -0.05) is 79.1 Å². The summed E-state index contributed by atoms with van der Waals surface area (Å²) in [4.78, 5) is 25.6. The van der Waals surface area contributed by atoms with Crippen LogP contribution in [-0.4, -0.2) is 18.8 Å². The molecule has 2 nitrogen and oxygen atoms in total. The van der Waals surface area contributed by atoms with Crippen molar-refractivity contribution in [2.45, 2.75) is 112 Å². The van der Waals surface area contributed by atoms with E-state index in [-0.39, 0.29) is 5.78 Å². The van der Waals surface area contributed by atoms with Gasteiger partial charge in [0, 0.05) is 31.3 Å². The van der Waals surface area contributed by atoms with Crippen molar-refractivity contribution in [2.24, 2.45) is 11.8 Å². The molecule has 40 heavy (non-hydrogen) atoms. The van der Waals surface area contributed by atoms with Crippen molar-refractivity contribution in [3.8, 4) is 19.5 Å². The largest absolute Gasteiger partial charge is 0.292 e. The molecule has 0 aliphatic carbocycles. The van der Waals surface area contributed by atoms with Crippen LogP contribution >= 0.6 is 45.3 Å². The minimum atomic E-state index is -1.95. The number of ketones is 1. The molecule has 216 valence electrons. The lowest BCUT2D eigenvalue weighted by molar-refractivity contribution is 0.101. The number of thiazole rings is 1. The molecule has 7 heteroatoms. The molecule has 0 radical (unpaired) electrons. The minimum Gasteiger partial charge on any atom is -0.292 e. The van der Waals surface area contributed by atoms with E-state index >= 15 is 0 Å². The van der Waals surface area contributed by atoms with Crippen molar-refractivity contribution in [1.29, 1.82) is 0 Å². The third-order valence-electron chi connectivity index (χ3n) is 9.13. The van der Waals surface area contributed by atoms with Crippen LogP contribution in [-0.2, 0) is 0 Å². The average Bonchev–Trinajstić information content (AvgIpc) is 3.73. The van der Waals surface area contributed by atoms with Crippen LogP contribution in [0.15, 0.2) is 12.1 Å². The summed E-state index contributed by atoms with van der Waals surface area (Å²) in [6, 6.07) is 8.08. The van der Waals surface area contributed by atoms with E-state index in [1.54, 1.807) is 38.4 Å². The lowest BCUT2D eigenvalue weighted by Gasteiger charge is -2.35. The standard InChI is InChI=1S/C33H45NOS4Si/c1-8-12-14-23(10-3)18-40(19-24(11-4)15-13-9-2)26-16-20(5)36-30(26)31-27(40)17-25(38-31)29-32-28(22(7)37-29)34-33(39-32)21(6)35/h16-17,23-24H,8-15,18-19H2,1-7H3. The molecule has 5 rings (SSSR count). The van der Waals surface area contributed by atoms with E-state index < -0.39 is 8.07 Å². The number of nitrogens with zero attached hydrogens (tertiary/aromatic N) is 1. The highest BCUT2D eigenvalue weighted by molar-refractivity contribution is 7.33. The van der Waals surface area contributed by atoms with Gasteiger partial charge in [-0.3, -0.25) is 4.79 Å². The van der Waals surface area contributed by atoms with Gasteiger partial charge in [0.05, 0.1) is 15.1 Å². The van der Waals surface area contributed by atoms with E-state index in [1.807, 2.05) is 34.0 Å². The van der Waals surface area contributed by atoms with Gasteiger partial charge in [0.2, 0.25) is 0 Å². The summed E-state index contributed by atoms with van der Waals surface area (Å²) >= 11 is 7.55. The molecule has 4 aromatic rings. The first-order valence-electron chi connectivity index (χ1n) is 15.4. The third-order valence-corrected chi connectivity index (χ3v) is 19.8. The fourth-order valence-electron chi connectivity index (χ4n) is 6.88. The number of thiophene rings is 3. The molecule has 5 heterocycles. The molecular weight excluding hydrogens is 583 g/mol. The number of aryl methyl sites for hydroxylation is 2. The van der Waals surface area contributed by atoms with Gasteiger partial charge in [-0.15, -0.1) is 45.3 Å². The van der Waals surface area contributed by atoms with Crippen LogP contribution in [0, 0.1) is 25.7 Å². The Morgan fingerprint density at radius 2 is 1.43 bits per heavy atom. The van der Waals surface area contributed by atoms with Crippen LogP contribution in [0.4, 0.5) is 0 Å². The predicted molar refractivity (Wildman–Crippen MR) is 185 cm³/mol. The summed E-state index contributed by atoms with van der Waals surface area (Å²) < 4.78 is 1.21. The molecule has 0 spiro atoms. The van der Waals surface area contributed by atoms with Crippen LogP contribution in [0.3, 0.4) is 0 Å². The van der Waals surface area contributed by atoms with Gasteiger partial charge in [0.25, 0.3) is 0 Å². The van der Waals surface area contributed by atoms with Gasteiger partial charge < -0.3 is 0 Å². The number of unbranched alkanes of at least 4 members (excludes halogenated alkanes) is 2. The summed E-state index contributed by atoms with van der Waals surface area (Å²) in [5, 5.41) is 4.17. The Morgan fingerprint density at radius 1 is 0.825 bits per heavy atom. The molecule has 0 bridgehead atoms. The van der Waals surface area contributed by atoms with Crippen molar-refractivity contribution < 1.29 is 4.79 Å². The number of aromatic nitrogens is 1. The average molecular weight is 628 g/mol. The molecular formula is C33H45NOS4Si. The van der Waals surface area contributed by atoms with Crippen LogP contribution in [0.1, 0.15) is 106 Å². The number of hydrogen-bond donors (Lipinski definition) is 0. The number of fused-ring (bicyclic) bond motifs is 4. The van der Waals surface area contributed by atoms with E-state index in [9.17, 15) is 4.79 Å². The lowest BCUT2D eigenvalue weighted by atomic mass is 10.0. The highest BCUT2D eigenvalue weighted by Gasteiger charge is 2.49. The van der Waals surface area contributed by atoms with E-state index in [4.69, 9.17) is 4.98 Å². The Bertz CT molecular complexity index is 1470. The summed E-state index contributed by atoms with van der Waals surface area (Å²) in [5.41, 5.74) is 1.04. The fourth-order valence-corrected chi connectivity index (χ4v) is 19.7. The van der Waals surface area contributed by atoms with Crippen molar-refractivity contribution in [1.82, 2.24) is 4.98 Å². The van der Waals surface area contributed by atoms with Crippen molar-refractivity contribution >= 4 is 79.8 Å². The molecule has 0 aromatic carbocycles. The summed E-state index contributed by atoms with van der Waals surface area (Å²) in [6.45, 7) is 15.7. The number of Topliss-reactive ketones (excluding diaryl/α,β-unsaturated/α-hetero) is 1. The molecule has 0 fully saturated rings. The molecule has 2 atom stereocenters. The second kappa shape index (κ2) is 12.6. The van der Waals surface area contributed by atoms with Gasteiger partial charge in [-0.25, -0.2) is 4.98 Å². The Labute approximate surface area is 258 Å².